The number of nitrogens with one attached hydrogen (secondary N) is 3. The molecular weight excluding hydrogens is 278 g/mol. The quantitative estimate of drug-likeness (QED) is 0.596. The third-order valence-corrected chi connectivity index (χ3v) is 3.06. The van der Waals surface area contributed by atoms with Crippen LogP contribution in [0, 0.1) is 0 Å². The molecular formula is C14H14ClN3S. The predicted octanol–water partition coefficient (Wildman–Crippen LogP) is 3.33. The average molecular weight is 292 g/mol. The van der Waals surface area contributed by atoms with Gasteiger partial charge in [-0.05, 0) is 29.9 Å². The summed E-state index contributed by atoms with van der Waals surface area (Å²) in [4.78, 5) is 0. The number of hydrazine groups is 1. The fraction of sp³-hybridized carbons (Fsp3) is 0.0714. The van der Waals surface area contributed by atoms with Crippen LogP contribution in [0.5, 0.6) is 0 Å². The Labute approximate surface area is 123 Å². The molecule has 0 aliphatic rings. The van der Waals surface area contributed by atoms with Gasteiger partial charge in [0.25, 0.3) is 0 Å². The van der Waals surface area contributed by atoms with Crippen molar-refractivity contribution in [2.75, 3.05) is 5.43 Å². The molecule has 2 rings (SSSR count). The number of hydrogen-bond donors (Lipinski definition) is 3. The van der Waals surface area contributed by atoms with Crippen LogP contribution in [0.15, 0.2) is 54.6 Å². The largest absolute Gasteiger partial charge is 0.357 e. The van der Waals surface area contributed by atoms with Gasteiger partial charge in [-0.15, -0.1) is 0 Å². The molecule has 0 bridgehead atoms. The molecule has 0 aliphatic heterocycles. The zero-order chi connectivity index (χ0) is 13.5. The van der Waals surface area contributed by atoms with Crippen LogP contribution in [0.2, 0.25) is 5.02 Å². The molecule has 0 heterocycles. The van der Waals surface area contributed by atoms with Crippen LogP contribution in [0.1, 0.15) is 5.56 Å². The molecule has 0 saturated carbocycles. The van der Waals surface area contributed by atoms with Gasteiger partial charge in [0.15, 0.2) is 5.11 Å². The lowest BCUT2D eigenvalue weighted by Crippen LogP contribution is -2.38. The molecule has 3 nitrogen and oxygen atoms in total. The maximum absolute atomic E-state index is 6.01. The van der Waals surface area contributed by atoms with E-state index in [0.717, 1.165) is 5.69 Å². The Morgan fingerprint density at radius 2 is 1.68 bits per heavy atom. The lowest BCUT2D eigenvalue weighted by atomic mass is 10.2. The number of thiocarbonyl (C=S) groups is 1. The summed E-state index contributed by atoms with van der Waals surface area (Å²) in [5.74, 6) is 0. The summed E-state index contributed by atoms with van der Waals surface area (Å²) in [6.45, 7) is 0.677. The smallest absolute Gasteiger partial charge is 0.185 e. The van der Waals surface area contributed by atoms with Crippen LogP contribution in [0.4, 0.5) is 5.69 Å². The van der Waals surface area contributed by atoms with Crippen LogP contribution in [0.3, 0.4) is 0 Å². The Morgan fingerprint density at radius 3 is 2.42 bits per heavy atom. The van der Waals surface area contributed by atoms with Gasteiger partial charge in [-0.25, -0.2) is 0 Å². The van der Waals surface area contributed by atoms with Crippen LogP contribution in [-0.2, 0) is 6.54 Å². The Hall–Kier alpha value is -1.78. The minimum atomic E-state index is 0.517. The zero-order valence-electron chi connectivity index (χ0n) is 10.2. The van der Waals surface area contributed by atoms with E-state index < -0.39 is 0 Å². The lowest BCUT2D eigenvalue weighted by molar-refractivity contribution is 0.886. The number of hydrogen-bond acceptors (Lipinski definition) is 2. The van der Waals surface area contributed by atoms with E-state index in [1.54, 1.807) is 0 Å². The Balaban J connectivity index is 1.78. The number of para-hydroxylation sites is 1. The highest BCUT2D eigenvalue weighted by Gasteiger charge is 1.99. The van der Waals surface area contributed by atoms with Crippen LogP contribution in [-0.4, -0.2) is 5.11 Å². The van der Waals surface area contributed by atoms with E-state index in [4.69, 9.17) is 23.8 Å². The van der Waals surface area contributed by atoms with Crippen molar-refractivity contribution in [3.8, 4) is 0 Å². The third kappa shape index (κ3) is 4.43. The summed E-state index contributed by atoms with van der Waals surface area (Å²) in [5, 5.41) is 4.26. The van der Waals surface area contributed by atoms with Crippen molar-refractivity contribution < 1.29 is 0 Å². The molecule has 3 N–H and O–H groups in total. The summed E-state index contributed by atoms with van der Waals surface area (Å²) in [6.07, 6.45) is 0. The zero-order valence-corrected chi connectivity index (χ0v) is 11.8. The second kappa shape index (κ2) is 6.97. The molecule has 0 aliphatic carbocycles. The number of benzene rings is 2. The van der Waals surface area contributed by atoms with Crippen molar-refractivity contribution in [2.24, 2.45) is 0 Å². The first-order chi connectivity index (χ1) is 9.25. The van der Waals surface area contributed by atoms with E-state index in [0.29, 0.717) is 16.7 Å². The van der Waals surface area contributed by atoms with E-state index in [1.165, 1.54) is 5.56 Å². The van der Waals surface area contributed by atoms with Gasteiger partial charge in [0, 0.05) is 6.54 Å². The lowest BCUT2D eigenvalue weighted by Gasteiger charge is -2.13. The minimum absolute atomic E-state index is 0.517. The standard InChI is InChI=1S/C14H14ClN3S/c15-12-8-4-5-9-13(12)17-18-14(19)16-10-11-6-2-1-3-7-11/h1-9,17H,10H2,(H2,16,18,19). The Bertz CT molecular complexity index is 545. The average Bonchev–Trinajstić information content (AvgIpc) is 2.45. The molecule has 0 aromatic heterocycles. The first-order valence-corrected chi connectivity index (χ1v) is 6.62. The van der Waals surface area contributed by atoms with Gasteiger partial charge in [-0.1, -0.05) is 54.1 Å². The second-order valence-electron chi connectivity index (χ2n) is 3.90. The highest BCUT2D eigenvalue weighted by atomic mass is 35.5. The Morgan fingerprint density at radius 1 is 1.00 bits per heavy atom. The van der Waals surface area contributed by atoms with Crippen LogP contribution < -0.4 is 16.2 Å². The van der Waals surface area contributed by atoms with Gasteiger partial charge >= 0.3 is 0 Å². The molecule has 19 heavy (non-hydrogen) atoms. The summed E-state index contributed by atoms with van der Waals surface area (Å²) >= 11 is 11.2. The summed E-state index contributed by atoms with van der Waals surface area (Å²) in [6, 6.07) is 17.5. The van der Waals surface area contributed by atoms with Crippen molar-refractivity contribution >= 4 is 34.6 Å². The molecule has 0 saturated heterocycles. The number of halogens is 1. The third-order valence-electron chi connectivity index (χ3n) is 2.48. The van der Waals surface area contributed by atoms with Crippen molar-refractivity contribution in [3.05, 3.63) is 65.2 Å². The van der Waals surface area contributed by atoms with Gasteiger partial charge in [-0.3, -0.25) is 10.9 Å². The number of rotatable bonds is 4. The minimum Gasteiger partial charge on any atom is -0.357 e. The van der Waals surface area contributed by atoms with Crippen LogP contribution in [0.25, 0.3) is 0 Å². The highest BCUT2D eigenvalue weighted by Crippen LogP contribution is 2.19. The first kappa shape index (κ1) is 13.6. The summed E-state index contributed by atoms with van der Waals surface area (Å²) in [7, 11) is 0. The maximum Gasteiger partial charge on any atom is 0.185 e. The number of anilines is 1. The molecule has 2 aromatic rings. The second-order valence-corrected chi connectivity index (χ2v) is 4.71. The van der Waals surface area contributed by atoms with Crippen molar-refractivity contribution in [1.29, 1.82) is 0 Å². The summed E-state index contributed by atoms with van der Waals surface area (Å²) < 4.78 is 0. The van der Waals surface area contributed by atoms with Gasteiger partial charge in [0.1, 0.15) is 0 Å². The van der Waals surface area contributed by atoms with E-state index in [2.05, 4.69) is 16.2 Å². The molecule has 0 amide bonds. The molecule has 0 radical (unpaired) electrons. The Kier molecular flexibility index (Phi) is 5.01. The maximum atomic E-state index is 6.01. The van der Waals surface area contributed by atoms with Gasteiger partial charge in [-0.2, -0.15) is 0 Å². The SMILES string of the molecule is S=C(NCc1ccccc1)NNc1ccccc1Cl. The van der Waals surface area contributed by atoms with Crippen molar-refractivity contribution in [2.45, 2.75) is 6.54 Å². The fourth-order valence-corrected chi connectivity index (χ4v) is 1.82. The van der Waals surface area contributed by atoms with E-state index in [-0.39, 0.29) is 0 Å². The fourth-order valence-electron chi connectivity index (χ4n) is 1.51. The normalized spacial score (nSPS) is 9.74. The first-order valence-electron chi connectivity index (χ1n) is 5.84. The molecule has 0 atom stereocenters. The van der Waals surface area contributed by atoms with Gasteiger partial charge < -0.3 is 5.32 Å². The molecule has 0 spiro atoms. The molecule has 98 valence electrons. The van der Waals surface area contributed by atoms with Gasteiger partial charge in [0.05, 0.1) is 10.7 Å². The summed E-state index contributed by atoms with van der Waals surface area (Å²) in [5.41, 5.74) is 7.82. The molecule has 0 unspecified atom stereocenters. The molecule has 2 aromatic carbocycles. The monoisotopic (exact) mass is 291 g/mol. The van der Waals surface area contributed by atoms with Gasteiger partial charge in [0.2, 0.25) is 0 Å². The van der Waals surface area contributed by atoms with E-state index in [1.807, 2.05) is 54.6 Å². The van der Waals surface area contributed by atoms with E-state index >= 15 is 0 Å². The molecule has 5 heteroatoms. The highest BCUT2D eigenvalue weighted by molar-refractivity contribution is 7.80. The molecule has 0 fully saturated rings. The predicted molar refractivity (Wildman–Crippen MR) is 84.1 cm³/mol. The van der Waals surface area contributed by atoms with Crippen LogP contribution >= 0.6 is 23.8 Å². The van der Waals surface area contributed by atoms with Crippen molar-refractivity contribution in [1.82, 2.24) is 10.7 Å². The van der Waals surface area contributed by atoms with Crippen molar-refractivity contribution in [3.63, 3.8) is 0 Å². The van der Waals surface area contributed by atoms with E-state index in [9.17, 15) is 0 Å². The topological polar surface area (TPSA) is 36.1 Å².